The fourth-order valence-corrected chi connectivity index (χ4v) is 1.37. The number of carbonyl (C=O) groups is 2. The van der Waals surface area contributed by atoms with E-state index in [-0.39, 0.29) is 31.6 Å². The summed E-state index contributed by atoms with van der Waals surface area (Å²) in [6.45, 7) is -0.0674. The van der Waals surface area contributed by atoms with Crippen molar-refractivity contribution in [3.8, 4) is 0 Å². The van der Waals surface area contributed by atoms with Crippen LogP contribution in [0.25, 0.3) is 0 Å². The smallest absolute Gasteiger partial charge is 0.255 e. The number of nitrogens with zero attached hydrogens (tertiary/aromatic N) is 3. The van der Waals surface area contributed by atoms with Gasteiger partial charge in [0.05, 0.1) is 24.6 Å². The summed E-state index contributed by atoms with van der Waals surface area (Å²) in [4.78, 5) is 31.9. The Bertz CT molecular complexity index is 417. The SMILES string of the molecule is NNc1cnc(CN2C(=O)COCC2=O)cn1. The number of nitrogens with two attached hydrogens (primary N) is 1. The van der Waals surface area contributed by atoms with E-state index in [9.17, 15) is 9.59 Å². The Morgan fingerprint density at radius 3 is 2.53 bits per heavy atom. The molecule has 1 fully saturated rings. The lowest BCUT2D eigenvalue weighted by Gasteiger charge is -2.24. The molecule has 1 aromatic rings. The standard InChI is InChI=1S/C9H11N5O3/c10-13-7-2-11-6(1-12-7)3-14-8(15)4-17-5-9(14)16/h1-2H,3-5,10H2,(H,12,13). The zero-order valence-electron chi connectivity index (χ0n) is 8.92. The van der Waals surface area contributed by atoms with E-state index in [2.05, 4.69) is 15.4 Å². The lowest BCUT2D eigenvalue weighted by molar-refractivity contribution is -0.159. The van der Waals surface area contributed by atoms with Gasteiger partial charge in [-0.3, -0.25) is 19.5 Å². The number of imide groups is 1. The number of hydrogen-bond acceptors (Lipinski definition) is 7. The van der Waals surface area contributed by atoms with Gasteiger partial charge in [-0.1, -0.05) is 0 Å². The van der Waals surface area contributed by atoms with E-state index < -0.39 is 0 Å². The normalized spacial score (nSPS) is 16.2. The molecule has 0 saturated carbocycles. The molecule has 1 saturated heterocycles. The largest absolute Gasteiger partial charge is 0.362 e. The minimum Gasteiger partial charge on any atom is -0.362 e. The average Bonchev–Trinajstić information content (AvgIpc) is 2.35. The average molecular weight is 237 g/mol. The summed E-state index contributed by atoms with van der Waals surface area (Å²) in [7, 11) is 0. The monoisotopic (exact) mass is 237 g/mol. The molecule has 8 nitrogen and oxygen atoms in total. The topological polar surface area (TPSA) is 110 Å². The minimum atomic E-state index is -0.371. The maximum Gasteiger partial charge on any atom is 0.255 e. The van der Waals surface area contributed by atoms with E-state index in [1.165, 1.54) is 12.4 Å². The van der Waals surface area contributed by atoms with Gasteiger partial charge in [-0.15, -0.1) is 0 Å². The van der Waals surface area contributed by atoms with Crippen LogP contribution in [0.2, 0.25) is 0 Å². The summed E-state index contributed by atoms with van der Waals surface area (Å²) in [6.07, 6.45) is 2.87. The Hall–Kier alpha value is -2.06. The molecule has 0 aliphatic carbocycles. The molecule has 0 radical (unpaired) electrons. The second-order valence-electron chi connectivity index (χ2n) is 3.40. The number of amides is 2. The van der Waals surface area contributed by atoms with Crippen LogP contribution in [0.4, 0.5) is 5.82 Å². The maximum absolute atomic E-state index is 11.4. The van der Waals surface area contributed by atoms with Gasteiger partial charge in [0, 0.05) is 0 Å². The summed E-state index contributed by atoms with van der Waals surface area (Å²) in [5.74, 6) is 4.81. The molecule has 2 rings (SSSR count). The number of anilines is 1. The second-order valence-corrected chi connectivity index (χ2v) is 3.40. The Morgan fingerprint density at radius 2 is 2.00 bits per heavy atom. The van der Waals surface area contributed by atoms with E-state index in [0.717, 1.165) is 4.90 Å². The van der Waals surface area contributed by atoms with E-state index in [4.69, 9.17) is 10.6 Å². The molecule has 3 N–H and O–H groups in total. The van der Waals surface area contributed by atoms with Gasteiger partial charge in [-0.05, 0) is 0 Å². The number of ether oxygens (including phenoxy) is 1. The molecule has 1 aliphatic heterocycles. The molecule has 1 aliphatic rings. The fraction of sp³-hybridized carbons (Fsp3) is 0.333. The molecule has 8 heteroatoms. The van der Waals surface area contributed by atoms with Crippen molar-refractivity contribution in [3.05, 3.63) is 18.1 Å². The third kappa shape index (κ3) is 2.55. The van der Waals surface area contributed by atoms with Crippen LogP contribution in [0.5, 0.6) is 0 Å². The molecule has 90 valence electrons. The molecule has 2 amide bonds. The summed E-state index contributed by atoms with van der Waals surface area (Å²) >= 11 is 0. The molecular weight excluding hydrogens is 226 g/mol. The summed E-state index contributed by atoms with van der Waals surface area (Å²) in [6, 6.07) is 0. The van der Waals surface area contributed by atoms with Crippen LogP contribution in [-0.2, 0) is 20.9 Å². The van der Waals surface area contributed by atoms with Gasteiger partial charge >= 0.3 is 0 Å². The number of nitrogens with one attached hydrogen (secondary N) is 1. The van der Waals surface area contributed by atoms with E-state index >= 15 is 0 Å². The van der Waals surface area contributed by atoms with Gasteiger partial charge in [0.2, 0.25) is 0 Å². The highest BCUT2D eigenvalue weighted by atomic mass is 16.5. The molecule has 0 unspecified atom stereocenters. The Balaban J connectivity index is 2.08. The molecule has 1 aromatic heterocycles. The van der Waals surface area contributed by atoms with E-state index in [1.807, 2.05) is 0 Å². The van der Waals surface area contributed by atoms with Crippen molar-refractivity contribution in [2.45, 2.75) is 6.54 Å². The molecule has 17 heavy (non-hydrogen) atoms. The second kappa shape index (κ2) is 4.85. The van der Waals surface area contributed by atoms with Crippen LogP contribution < -0.4 is 11.3 Å². The van der Waals surface area contributed by atoms with Gasteiger partial charge in [0.15, 0.2) is 5.82 Å². The number of hydrogen-bond donors (Lipinski definition) is 2. The Morgan fingerprint density at radius 1 is 1.29 bits per heavy atom. The van der Waals surface area contributed by atoms with E-state index in [1.54, 1.807) is 0 Å². The fourth-order valence-electron chi connectivity index (χ4n) is 1.37. The van der Waals surface area contributed by atoms with Gasteiger partial charge in [-0.25, -0.2) is 10.8 Å². The number of morpholine rings is 1. The first kappa shape index (κ1) is 11.4. The van der Waals surface area contributed by atoms with Crippen LogP contribution >= 0.6 is 0 Å². The highest BCUT2D eigenvalue weighted by Crippen LogP contribution is 2.07. The van der Waals surface area contributed by atoms with Crippen molar-refractivity contribution in [3.63, 3.8) is 0 Å². The van der Waals surface area contributed by atoms with Crippen molar-refractivity contribution in [2.75, 3.05) is 18.6 Å². The molecular formula is C9H11N5O3. The van der Waals surface area contributed by atoms with E-state index in [0.29, 0.717) is 11.5 Å². The Labute approximate surface area is 96.7 Å². The molecule has 0 atom stereocenters. The van der Waals surface area contributed by atoms with Gasteiger partial charge < -0.3 is 10.2 Å². The van der Waals surface area contributed by atoms with Gasteiger partial charge in [-0.2, -0.15) is 0 Å². The molecule has 0 bridgehead atoms. The van der Waals surface area contributed by atoms with Crippen LogP contribution in [0.1, 0.15) is 5.69 Å². The molecule has 0 aromatic carbocycles. The van der Waals surface area contributed by atoms with Crippen molar-refractivity contribution in [1.29, 1.82) is 0 Å². The van der Waals surface area contributed by atoms with Crippen LogP contribution in [-0.4, -0.2) is 39.9 Å². The highest BCUT2D eigenvalue weighted by molar-refractivity contribution is 5.98. The summed E-state index contributed by atoms with van der Waals surface area (Å²) in [5.41, 5.74) is 2.84. The summed E-state index contributed by atoms with van der Waals surface area (Å²) < 4.78 is 4.80. The summed E-state index contributed by atoms with van der Waals surface area (Å²) in [5, 5.41) is 0. The third-order valence-corrected chi connectivity index (χ3v) is 2.23. The predicted octanol–water partition coefficient (Wildman–Crippen LogP) is -1.35. The molecule has 2 heterocycles. The first-order valence-corrected chi connectivity index (χ1v) is 4.89. The zero-order chi connectivity index (χ0) is 12.3. The maximum atomic E-state index is 11.4. The number of nitrogen functional groups attached to an aromatic ring is 1. The first-order chi connectivity index (χ1) is 8.20. The minimum absolute atomic E-state index is 0.0817. The van der Waals surface area contributed by atoms with Crippen molar-refractivity contribution in [2.24, 2.45) is 5.84 Å². The predicted molar refractivity (Wildman–Crippen MR) is 56.2 cm³/mol. The van der Waals surface area contributed by atoms with Crippen LogP contribution in [0.15, 0.2) is 12.4 Å². The lowest BCUT2D eigenvalue weighted by Crippen LogP contribution is -2.45. The Kier molecular flexibility index (Phi) is 3.26. The number of carbonyl (C=O) groups excluding carboxylic acids is 2. The first-order valence-electron chi connectivity index (χ1n) is 4.89. The zero-order valence-corrected chi connectivity index (χ0v) is 8.92. The van der Waals surface area contributed by atoms with Crippen molar-refractivity contribution < 1.29 is 14.3 Å². The van der Waals surface area contributed by atoms with Gasteiger partial charge in [0.1, 0.15) is 13.2 Å². The quantitative estimate of drug-likeness (QED) is 0.379. The van der Waals surface area contributed by atoms with Gasteiger partial charge in [0.25, 0.3) is 11.8 Å². The van der Waals surface area contributed by atoms with Crippen LogP contribution in [0.3, 0.4) is 0 Å². The number of aromatic nitrogens is 2. The third-order valence-electron chi connectivity index (χ3n) is 2.23. The van der Waals surface area contributed by atoms with Crippen molar-refractivity contribution in [1.82, 2.24) is 14.9 Å². The van der Waals surface area contributed by atoms with Crippen LogP contribution in [0, 0.1) is 0 Å². The lowest BCUT2D eigenvalue weighted by atomic mass is 10.3. The highest BCUT2D eigenvalue weighted by Gasteiger charge is 2.26. The van der Waals surface area contributed by atoms with Crippen molar-refractivity contribution >= 4 is 17.6 Å². The number of hydrazine groups is 1. The number of rotatable bonds is 3. The molecule has 0 spiro atoms.